The molecule has 1 unspecified atom stereocenters. The summed E-state index contributed by atoms with van der Waals surface area (Å²) < 4.78 is 0. The lowest BCUT2D eigenvalue weighted by Crippen LogP contribution is -2.38. The minimum absolute atomic E-state index is 0.128. The third-order valence-corrected chi connectivity index (χ3v) is 3.11. The number of hydrogen-bond acceptors (Lipinski definition) is 3. The molecule has 1 aromatic carbocycles. The molecule has 0 saturated heterocycles. The van der Waals surface area contributed by atoms with Gasteiger partial charge in [-0.05, 0) is 12.0 Å². The highest BCUT2D eigenvalue weighted by Crippen LogP contribution is 2.07. The Morgan fingerprint density at radius 3 is 2.45 bits per heavy atom. The van der Waals surface area contributed by atoms with Gasteiger partial charge in [-0.15, -0.1) is 0 Å². The molecule has 0 spiro atoms. The molecule has 0 radical (unpaired) electrons. The molecule has 0 fully saturated rings. The van der Waals surface area contributed by atoms with Crippen LogP contribution in [0.4, 0.5) is 0 Å². The van der Waals surface area contributed by atoms with Gasteiger partial charge in [-0.2, -0.15) is 0 Å². The molecule has 0 bridgehead atoms. The fourth-order valence-corrected chi connectivity index (χ4v) is 1.90. The summed E-state index contributed by atoms with van der Waals surface area (Å²) in [5.41, 5.74) is 1.07. The number of carboxylic acid groups (broad SMARTS) is 1. The van der Waals surface area contributed by atoms with E-state index in [4.69, 9.17) is 10.2 Å². The highest BCUT2D eigenvalue weighted by Gasteiger charge is 2.19. The van der Waals surface area contributed by atoms with Crippen molar-refractivity contribution in [2.24, 2.45) is 5.92 Å². The zero-order valence-corrected chi connectivity index (χ0v) is 11.7. The molecule has 1 amide bonds. The van der Waals surface area contributed by atoms with Crippen molar-refractivity contribution >= 4 is 11.9 Å². The van der Waals surface area contributed by atoms with E-state index in [2.05, 4.69) is 0 Å². The maximum absolute atomic E-state index is 12.1. The highest BCUT2D eigenvalue weighted by molar-refractivity contribution is 5.77. The summed E-state index contributed by atoms with van der Waals surface area (Å²) in [6.07, 6.45) is 0.930. The van der Waals surface area contributed by atoms with E-state index < -0.39 is 11.9 Å². The van der Waals surface area contributed by atoms with E-state index in [0.717, 1.165) is 5.56 Å². The quantitative estimate of drug-likeness (QED) is 0.748. The summed E-state index contributed by atoms with van der Waals surface area (Å²) in [6, 6.07) is 9.64. The second-order valence-corrected chi connectivity index (χ2v) is 4.79. The molecular weight excluding hydrogens is 258 g/mol. The van der Waals surface area contributed by atoms with Crippen LogP contribution < -0.4 is 0 Å². The van der Waals surface area contributed by atoms with Crippen molar-refractivity contribution in [1.29, 1.82) is 0 Å². The molecule has 2 N–H and O–H groups in total. The topological polar surface area (TPSA) is 77.8 Å². The van der Waals surface area contributed by atoms with E-state index in [1.165, 1.54) is 4.90 Å². The van der Waals surface area contributed by atoms with Gasteiger partial charge < -0.3 is 15.1 Å². The number of aliphatic carboxylic acids is 1. The predicted molar refractivity (Wildman–Crippen MR) is 75.2 cm³/mol. The Kier molecular flexibility index (Phi) is 6.73. The average Bonchev–Trinajstić information content (AvgIpc) is 2.45. The number of aliphatic hydroxyl groups excluding tert-OH is 1. The lowest BCUT2D eigenvalue weighted by molar-refractivity contribution is -0.143. The maximum atomic E-state index is 12.1. The number of aryl methyl sites for hydroxylation is 1. The van der Waals surface area contributed by atoms with Crippen molar-refractivity contribution in [2.75, 3.05) is 19.7 Å². The zero-order valence-electron chi connectivity index (χ0n) is 11.7. The molecule has 110 valence electrons. The lowest BCUT2D eigenvalue weighted by atomic mass is 10.1. The van der Waals surface area contributed by atoms with Crippen LogP contribution in [-0.4, -0.2) is 46.7 Å². The first-order valence-electron chi connectivity index (χ1n) is 6.70. The summed E-state index contributed by atoms with van der Waals surface area (Å²) >= 11 is 0. The highest BCUT2D eigenvalue weighted by atomic mass is 16.4. The largest absolute Gasteiger partial charge is 0.481 e. The molecular formula is C15H21NO4. The Balaban J connectivity index is 2.53. The summed E-state index contributed by atoms with van der Waals surface area (Å²) in [5.74, 6) is -1.71. The molecule has 0 aliphatic rings. The molecule has 5 heteroatoms. The first-order chi connectivity index (χ1) is 9.54. The van der Waals surface area contributed by atoms with E-state index in [1.54, 1.807) is 6.92 Å². The van der Waals surface area contributed by atoms with E-state index in [-0.39, 0.29) is 25.6 Å². The molecule has 20 heavy (non-hydrogen) atoms. The van der Waals surface area contributed by atoms with Gasteiger partial charge in [0.05, 0.1) is 12.5 Å². The van der Waals surface area contributed by atoms with Gasteiger partial charge in [-0.3, -0.25) is 9.59 Å². The van der Waals surface area contributed by atoms with Gasteiger partial charge in [0.25, 0.3) is 0 Å². The van der Waals surface area contributed by atoms with Gasteiger partial charge in [0.2, 0.25) is 5.91 Å². The SMILES string of the molecule is CC(CN(CCO)C(=O)CCc1ccccc1)C(=O)O. The summed E-state index contributed by atoms with van der Waals surface area (Å²) in [7, 11) is 0. The van der Waals surface area contributed by atoms with Crippen molar-refractivity contribution in [2.45, 2.75) is 19.8 Å². The molecule has 0 aromatic heterocycles. The van der Waals surface area contributed by atoms with Crippen molar-refractivity contribution in [3.05, 3.63) is 35.9 Å². The maximum Gasteiger partial charge on any atom is 0.308 e. The van der Waals surface area contributed by atoms with E-state index in [1.807, 2.05) is 30.3 Å². The molecule has 1 atom stereocenters. The smallest absolute Gasteiger partial charge is 0.308 e. The number of carbonyl (C=O) groups is 2. The first-order valence-corrected chi connectivity index (χ1v) is 6.70. The van der Waals surface area contributed by atoms with Gasteiger partial charge in [-0.1, -0.05) is 37.3 Å². The minimum Gasteiger partial charge on any atom is -0.481 e. The molecule has 1 rings (SSSR count). The van der Waals surface area contributed by atoms with Crippen LogP contribution in [-0.2, 0) is 16.0 Å². The summed E-state index contributed by atoms with van der Waals surface area (Å²) in [4.78, 5) is 24.3. The number of carbonyl (C=O) groups excluding carboxylic acids is 1. The van der Waals surface area contributed by atoms with Crippen LogP contribution in [0.2, 0.25) is 0 Å². The third-order valence-electron chi connectivity index (χ3n) is 3.11. The van der Waals surface area contributed by atoms with Gasteiger partial charge >= 0.3 is 5.97 Å². The van der Waals surface area contributed by atoms with Gasteiger partial charge in [0.15, 0.2) is 0 Å². The van der Waals surface area contributed by atoms with Gasteiger partial charge in [0, 0.05) is 19.5 Å². The van der Waals surface area contributed by atoms with Crippen LogP contribution in [0.1, 0.15) is 18.9 Å². The fourth-order valence-electron chi connectivity index (χ4n) is 1.90. The number of hydrogen-bond donors (Lipinski definition) is 2. The Hall–Kier alpha value is -1.88. The summed E-state index contributed by atoms with van der Waals surface area (Å²) in [6.45, 7) is 1.69. The molecule has 1 aromatic rings. The molecule has 0 saturated carbocycles. The molecule has 0 heterocycles. The number of amides is 1. The predicted octanol–water partition coefficient (Wildman–Crippen LogP) is 1.16. The Morgan fingerprint density at radius 1 is 1.25 bits per heavy atom. The van der Waals surface area contributed by atoms with E-state index in [0.29, 0.717) is 12.8 Å². The van der Waals surface area contributed by atoms with Gasteiger partial charge in [0.1, 0.15) is 0 Å². The van der Waals surface area contributed by atoms with Crippen LogP contribution in [0.25, 0.3) is 0 Å². The second kappa shape index (κ2) is 8.32. The Morgan fingerprint density at radius 2 is 1.90 bits per heavy atom. The number of rotatable bonds is 8. The van der Waals surface area contributed by atoms with Crippen LogP contribution in [0.15, 0.2) is 30.3 Å². The Labute approximate surface area is 118 Å². The fraction of sp³-hybridized carbons (Fsp3) is 0.467. The number of aliphatic hydroxyl groups is 1. The van der Waals surface area contributed by atoms with Crippen molar-refractivity contribution < 1.29 is 19.8 Å². The van der Waals surface area contributed by atoms with Gasteiger partial charge in [-0.25, -0.2) is 0 Å². The average molecular weight is 279 g/mol. The van der Waals surface area contributed by atoms with Crippen LogP contribution in [0.5, 0.6) is 0 Å². The van der Waals surface area contributed by atoms with E-state index >= 15 is 0 Å². The zero-order chi connectivity index (χ0) is 15.0. The third kappa shape index (κ3) is 5.40. The van der Waals surface area contributed by atoms with E-state index in [9.17, 15) is 9.59 Å². The number of carboxylic acids is 1. The van der Waals surface area contributed by atoms with Crippen LogP contribution in [0.3, 0.4) is 0 Å². The van der Waals surface area contributed by atoms with Crippen molar-refractivity contribution in [3.63, 3.8) is 0 Å². The lowest BCUT2D eigenvalue weighted by Gasteiger charge is -2.23. The number of benzene rings is 1. The second-order valence-electron chi connectivity index (χ2n) is 4.79. The van der Waals surface area contributed by atoms with Crippen LogP contribution in [0, 0.1) is 5.92 Å². The normalized spacial score (nSPS) is 11.9. The molecule has 0 aliphatic carbocycles. The van der Waals surface area contributed by atoms with Crippen LogP contribution >= 0.6 is 0 Å². The monoisotopic (exact) mass is 279 g/mol. The van der Waals surface area contributed by atoms with Crippen molar-refractivity contribution in [3.8, 4) is 0 Å². The molecule has 5 nitrogen and oxygen atoms in total. The first kappa shape index (κ1) is 16.2. The summed E-state index contributed by atoms with van der Waals surface area (Å²) in [5, 5.41) is 17.9. The van der Waals surface area contributed by atoms with Crippen molar-refractivity contribution in [1.82, 2.24) is 4.90 Å². The Bertz CT molecular complexity index is 433. The number of nitrogens with zero attached hydrogens (tertiary/aromatic N) is 1. The molecule has 0 aliphatic heterocycles. The minimum atomic E-state index is -0.941. The standard InChI is InChI=1S/C15H21NO4/c1-12(15(19)20)11-16(9-10-17)14(18)8-7-13-5-3-2-4-6-13/h2-6,12,17H,7-11H2,1H3,(H,19,20).